The van der Waals surface area contributed by atoms with Crippen molar-refractivity contribution in [3.05, 3.63) is 35.9 Å². The summed E-state index contributed by atoms with van der Waals surface area (Å²) in [5.41, 5.74) is 11.4. The fourth-order valence-electron chi connectivity index (χ4n) is 5.64. The Morgan fingerprint density at radius 1 is 0.683 bits per heavy atom. The Morgan fingerprint density at radius 3 is 1.86 bits per heavy atom. The van der Waals surface area contributed by atoms with E-state index >= 15 is 0 Å². The molecule has 1 aromatic rings. The minimum atomic E-state index is -1.55. The van der Waals surface area contributed by atoms with Gasteiger partial charge in [-0.2, -0.15) is 0 Å². The predicted octanol–water partition coefficient (Wildman–Crippen LogP) is -1.18. The largest absolute Gasteiger partial charge is 0.480 e. The molecule has 12 N–H and O–H groups in total. The summed E-state index contributed by atoms with van der Waals surface area (Å²) in [6.45, 7) is 4.14. The highest BCUT2D eigenvalue weighted by molar-refractivity contribution is 6.17. The van der Waals surface area contributed by atoms with Crippen LogP contribution in [-0.2, 0) is 54.2 Å². The van der Waals surface area contributed by atoms with Gasteiger partial charge in [-0.25, -0.2) is 4.79 Å². The first-order valence-corrected chi connectivity index (χ1v) is 21.7. The summed E-state index contributed by atoms with van der Waals surface area (Å²) >= 11 is 5.65. The molecule has 1 rings (SSSR count). The van der Waals surface area contributed by atoms with Gasteiger partial charge in [-0.15, -0.1) is 11.6 Å². The number of carboxylic acid groups (broad SMARTS) is 1. The first kappa shape index (κ1) is 55.9. The summed E-state index contributed by atoms with van der Waals surface area (Å²) in [5, 5.41) is 34.8. The lowest BCUT2D eigenvalue weighted by Gasteiger charge is -2.27. The molecular weight excluding hydrogens is 846 g/mol. The lowest BCUT2D eigenvalue weighted by molar-refractivity contribution is -0.142. The van der Waals surface area contributed by atoms with E-state index in [0.717, 1.165) is 25.7 Å². The number of amides is 6. The van der Waals surface area contributed by atoms with Crippen molar-refractivity contribution in [3.63, 3.8) is 0 Å². The van der Waals surface area contributed by atoms with Crippen molar-refractivity contribution in [2.24, 2.45) is 22.4 Å². The molecule has 0 heterocycles. The molecule has 1 aromatic carbocycles. The predicted molar refractivity (Wildman–Crippen MR) is 234 cm³/mol. The van der Waals surface area contributed by atoms with Crippen LogP contribution in [0.2, 0.25) is 0 Å². The molecule has 0 saturated heterocycles. The Hall–Kier alpha value is -5.09. The number of hydrogen-bond donors (Lipinski definition) is 10. The highest BCUT2D eigenvalue weighted by Gasteiger charge is 2.32. The van der Waals surface area contributed by atoms with Gasteiger partial charge in [0.2, 0.25) is 35.4 Å². The van der Waals surface area contributed by atoms with Gasteiger partial charge in [0, 0.05) is 51.4 Å². The van der Waals surface area contributed by atoms with Crippen molar-refractivity contribution in [2.45, 2.75) is 95.8 Å². The number of ether oxygens (including phenoxy) is 3. The zero-order valence-electron chi connectivity index (χ0n) is 36.4. The second kappa shape index (κ2) is 34.4. The normalized spacial score (nSPS) is 12.8. The number of guanidine groups is 1. The van der Waals surface area contributed by atoms with E-state index in [4.69, 9.17) is 37.3 Å². The molecule has 4 atom stereocenters. The lowest BCUT2D eigenvalue weighted by Crippen LogP contribution is -2.60. The third-order valence-corrected chi connectivity index (χ3v) is 9.32. The maximum Gasteiger partial charge on any atom is 0.326 e. The molecule has 0 aliphatic rings. The van der Waals surface area contributed by atoms with Crippen LogP contribution in [0.15, 0.2) is 35.3 Å². The molecule has 21 nitrogen and oxygen atoms in total. The molecule has 0 aliphatic heterocycles. The number of carbonyl (C=O) groups is 7. The molecule has 356 valence electrons. The van der Waals surface area contributed by atoms with Crippen LogP contribution in [0.5, 0.6) is 0 Å². The Kier molecular flexibility index (Phi) is 30.5. The maximum atomic E-state index is 13.5. The van der Waals surface area contributed by atoms with E-state index in [1.54, 1.807) is 44.2 Å². The van der Waals surface area contributed by atoms with Crippen molar-refractivity contribution in [1.29, 1.82) is 0 Å². The summed E-state index contributed by atoms with van der Waals surface area (Å²) in [5.74, 6) is -5.31. The molecule has 0 radical (unpaired) electrons. The van der Waals surface area contributed by atoms with Gasteiger partial charge in [-0.05, 0) is 37.2 Å². The lowest BCUT2D eigenvalue weighted by atomic mass is 10.0. The van der Waals surface area contributed by atoms with E-state index in [2.05, 4.69) is 36.9 Å². The van der Waals surface area contributed by atoms with E-state index in [0.29, 0.717) is 44.4 Å². The standard InChI is InChI=1S/C41H68ClN9O12/c1-28(2)36(39(58)50-32(26-52)38(57)49-31(40(59)60)25-29-11-6-5-7-12-29)51-37(56)30(13-10-17-47-41(43)44)48-35(55)27-63-22-19-46-34(54)15-14-33(53)45-18-21-62-24-23-61-20-9-4-3-8-16-42/h5-7,11-12,28,30-32,36,52H,3-4,8-10,13-27H2,1-2H3,(H,45,53)(H,46,54)(H,48,55)(H,49,57)(H,50,58)(H,51,56)(H,59,60)(H4,43,44,47)/t30-,31-,32-,36-/m0/s1. The highest BCUT2D eigenvalue weighted by Crippen LogP contribution is 2.08. The van der Waals surface area contributed by atoms with Gasteiger partial charge >= 0.3 is 5.97 Å². The third kappa shape index (κ3) is 27.6. The Balaban J connectivity index is 2.57. The van der Waals surface area contributed by atoms with Gasteiger partial charge in [0.25, 0.3) is 0 Å². The number of hydrogen-bond acceptors (Lipinski definition) is 12. The third-order valence-electron chi connectivity index (χ3n) is 9.05. The molecular formula is C41H68ClN9O12. The van der Waals surface area contributed by atoms with E-state index in [1.165, 1.54) is 0 Å². The van der Waals surface area contributed by atoms with Crippen LogP contribution in [0.1, 0.15) is 70.8 Å². The van der Waals surface area contributed by atoms with Crippen LogP contribution >= 0.6 is 11.6 Å². The number of aliphatic hydroxyl groups is 1. The molecule has 0 unspecified atom stereocenters. The van der Waals surface area contributed by atoms with Crippen LogP contribution < -0.4 is 43.4 Å². The molecule has 6 amide bonds. The monoisotopic (exact) mass is 913 g/mol. The first-order chi connectivity index (χ1) is 30.2. The SMILES string of the molecule is CC(C)[C@H](NC(=O)[C@H](CCCN=C(N)N)NC(=O)COCCNC(=O)CCC(=O)NCCOCCOCCCCCCCl)C(=O)N[C@@H](CO)C(=O)N[C@@H](Cc1ccccc1)C(=O)O. The van der Waals surface area contributed by atoms with Gasteiger partial charge in [0.15, 0.2) is 5.96 Å². The number of aliphatic carboxylic acids is 1. The molecule has 0 bridgehead atoms. The molecule has 0 aliphatic carbocycles. The zero-order valence-corrected chi connectivity index (χ0v) is 37.1. The molecule has 0 aromatic heterocycles. The topological polar surface area (TPSA) is 324 Å². The molecule has 22 heteroatoms. The van der Waals surface area contributed by atoms with Crippen molar-refractivity contribution >= 4 is 59.0 Å². The van der Waals surface area contributed by atoms with E-state index in [-0.39, 0.29) is 63.7 Å². The van der Waals surface area contributed by atoms with Crippen LogP contribution in [-0.4, -0.2) is 154 Å². The van der Waals surface area contributed by atoms with Gasteiger partial charge in [0.1, 0.15) is 30.8 Å². The number of alkyl halides is 1. The highest BCUT2D eigenvalue weighted by atomic mass is 35.5. The second-order valence-corrected chi connectivity index (χ2v) is 15.1. The summed E-state index contributed by atoms with van der Waals surface area (Å²) in [6, 6.07) is 3.21. The number of aliphatic hydroxyl groups excluding tert-OH is 1. The average Bonchev–Trinajstić information content (AvgIpc) is 3.24. The quantitative estimate of drug-likeness (QED) is 0.0164. The van der Waals surface area contributed by atoms with E-state index in [1.807, 2.05) is 0 Å². The number of nitrogens with zero attached hydrogens (tertiary/aromatic N) is 1. The minimum Gasteiger partial charge on any atom is -0.480 e. The number of rotatable bonds is 36. The number of carbonyl (C=O) groups excluding carboxylic acids is 6. The molecule has 63 heavy (non-hydrogen) atoms. The number of nitrogens with one attached hydrogen (secondary N) is 6. The number of carboxylic acids is 1. The number of benzene rings is 1. The van der Waals surface area contributed by atoms with Crippen molar-refractivity contribution in [1.82, 2.24) is 31.9 Å². The summed E-state index contributed by atoms with van der Waals surface area (Å²) in [6.07, 6.45) is 4.29. The summed E-state index contributed by atoms with van der Waals surface area (Å²) < 4.78 is 16.3. The van der Waals surface area contributed by atoms with Crippen LogP contribution in [0.3, 0.4) is 0 Å². The number of nitrogens with two attached hydrogens (primary N) is 2. The maximum absolute atomic E-state index is 13.5. The fraction of sp³-hybridized carbons (Fsp3) is 0.659. The zero-order chi connectivity index (χ0) is 46.8. The van der Waals surface area contributed by atoms with E-state index < -0.39 is 78.8 Å². The minimum absolute atomic E-state index is 0.0341. The second-order valence-electron chi connectivity index (χ2n) is 14.7. The number of halogens is 1. The van der Waals surface area contributed by atoms with Gasteiger partial charge in [-0.1, -0.05) is 57.0 Å². The average molecular weight is 914 g/mol. The van der Waals surface area contributed by atoms with Gasteiger partial charge in [0.05, 0.1) is 33.0 Å². The van der Waals surface area contributed by atoms with Crippen molar-refractivity contribution in [2.75, 3.05) is 71.8 Å². The summed E-state index contributed by atoms with van der Waals surface area (Å²) in [4.78, 5) is 92.8. The molecule has 0 fully saturated rings. The van der Waals surface area contributed by atoms with Crippen LogP contribution in [0.25, 0.3) is 0 Å². The smallest absolute Gasteiger partial charge is 0.326 e. The molecule has 0 spiro atoms. The summed E-state index contributed by atoms with van der Waals surface area (Å²) in [7, 11) is 0. The first-order valence-electron chi connectivity index (χ1n) is 21.1. The van der Waals surface area contributed by atoms with Crippen molar-refractivity contribution < 1.29 is 58.0 Å². The fourth-order valence-corrected chi connectivity index (χ4v) is 5.83. The van der Waals surface area contributed by atoms with Crippen molar-refractivity contribution in [3.8, 4) is 0 Å². The van der Waals surface area contributed by atoms with Gasteiger partial charge < -0.3 is 67.8 Å². The Labute approximate surface area is 373 Å². The molecule has 0 saturated carbocycles. The number of aliphatic imine (C=N–C) groups is 1. The Morgan fingerprint density at radius 2 is 1.27 bits per heavy atom. The van der Waals surface area contributed by atoms with Gasteiger partial charge in [-0.3, -0.25) is 33.8 Å². The van der Waals surface area contributed by atoms with Crippen LogP contribution in [0, 0.1) is 5.92 Å². The Bertz CT molecular complexity index is 1550. The van der Waals surface area contributed by atoms with E-state index in [9.17, 15) is 43.8 Å². The van der Waals surface area contributed by atoms with Crippen LogP contribution in [0.4, 0.5) is 0 Å². The number of unbranched alkanes of at least 4 members (excludes halogenated alkanes) is 3.